The Morgan fingerprint density at radius 1 is 1.04 bits per heavy atom. The minimum atomic E-state index is -0.959. The molecule has 0 aromatic heterocycles. The minimum absolute atomic E-state index is 0.300. The molecule has 1 heterocycles. The third kappa shape index (κ3) is 2.88. The fourth-order valence-electron chi connectivity index (χ4n) is 3.41. The van der Waals surface area contributed by atoms with Crippen molar-refractivity contribution < 1.29 is 14.5 Å². The molecule has 1 N–H and O–H groups in total. The maximum Gasteiger partial charge on any atom is 0.323 e. The number of hydrogen-bond acceptors (Lipinski definition) is 5. The molecule has 0 unspecified atom stereocenters. The van der Waals surface area contributed by atoms with Gasteiger partial charge in [-0.05, 0) is 11.1 Å². The molecule has 2 aromatic carbocycles. The summed E-state index contributed by atoms with van der Waals surface area (Å²) >= 11 is 0. The van der Waals surface area contributed by atoms with Gasteiger partial charge in [-0.1, -0.05) is 60.7 Å². The Morgan fingerprint density at radius 3 is 2.08 bits per heavy atom. The SMILES string of the molecule is COC(=O)[C@H]1N[C@@H](c2ccccc2)[C@H]([N+](=O)[O-])[C@@H]1c1ccccc1. The van der Waals surface area contributed by atoms with Crippen LogP contribution >= 0.6 is 0 Å². The Labute approximate surface area is 139 Å². The number of methoxy groups -OCH3 is 1. The standard InChI is InChI=1S/C18H18N2O4/c1-24-18(21)16-14(12-8-4-2-5-9-12)17(20(22)23)15(19-16)13-10-6-3-7-11-13/h2-11,14-17,19H,1H3/t14-,15+,16+,17-/m1/s1. The molecule has 1 saturated heterocycles. The van der Waals surface area contributed by atoms with Crippen LogP contribution in [0.15, 0.2) is 60.7 Å². The predicted octanol–water partition coefficient (Wildman–Crippen LogP) is 2.30. The zero-order valence-corrected chi connectivity index (χ0v) is 13.2. The van der Waals surface area contributed by atoms with Crippen molar-refractivity contribution in [3.05, 3.63) is 81.9 Å². The van der Waals surface area contributed by atoms with Gasteiger partial charge in [-0.2, -0.15) is 0 Å². The molecule has 0 amide bonds. The number of rotatable bonds is 4. The lowest BCUT2D eigenvalue weighted by Gasteiger charge is -2.19. The summed E-state index contributed by atoms with van der Waals surface area (Å²) in [5, 5.41) is 15.0. The van der Waals surface area contributed by atoms with Gasteiger partial charge in [0.25, 0.3) is 0 Å². The molecular formula is C18H18N2O4. The number of esters is 1. The van der Waals surface area contributed by atoms with E-state index in [0.29, 0.717) is 0 Å². The number of benzene rings is 2. The first-order valence-corrected chi connectivity index (χ1v) is 7.70. The third-order valence-electron chi connectivity index (χ3n) is 4.47. The average molecular weight is 326 g/mol. The second-order valence-electron chi connectivity index (χ2n) is 5.77. The maximum atomic E-state index is 12.2. The van der Waals surface area contributed by atoms with Gasteiger partial charge in [-0.3, -0.25) is 20.2 Å². The Hall–Kier alpha value is -2.73. The van der Waals surface area contributed by atoms with Crippen molar-refractivity contribution in [1.29, 1.82) is 0 Å². The Bertz CT molecular complexity index is 720. The lowest BCUT2D eigenvalue weighted by molar-refractivity contribution is -0.527. The summed E-state index contributed by atoms with van der Waals surface area (Å²) in [5.41, 5.74) is 1.53. The van der Waals surface area contributed by atoms with Gasteiger partial charge in [-0.15, -0.1) is 0 Å². The molecule has 2 aromatic rings. The average Bonchev–Trinajstić information content (AvgIpc) is 3.03. The Balaban J connectivity index is 2.07. The van der Waals surface area contributed by atoms with Crippen molar-refractivity contribution in [3.8, 4) is 0 Å². The Morgan fingerprint density at radius 2 is 1.58 bits per heavy atom. The first kappa shape index (κ1) is 16.1. The van der Waals surface area contributed by atoms with Crippen LogP contribution in [0.3, 0.4) is 0 Å². The normalized spacial score (nSPS) is 26.0. The van der Waals surface area contributed by atoms with Crippen LogP contribution in [0.4, 0.5) is 0 Å². The van der Waals surface area contributed by atoms with E-state index in [-0.39, 0.29) is 4.92 Å². The van der Waals surface area contributed by atoms with Crippen LogP contribution < -0.4 is 5.32 Å². The van der Waals surface area contributed by atoms with E-state index in [9.17, 15) is 14.9 Å². The van der Waals surface area contributed by atoms with Crippen LogP contribution in [-0.2, 0) is 9.53 Å². The molecule has 3 rings (SSSR count). The van der Waals surface area contributed by atoms with Gasteiger partial charge < -0.3 is 4.74 Å². The molecule has 0 saturated carbocycles. The first-order valence-electron chi connectivity index (χ1n) is 7.70. The number of nitrogens with zero attached hydrogens (tertiary/aromatic N) is 1. The third-order valence-corrected chi connectivity index (χ3v) is 4.47. The number of carbonyl (C=O) groups is 1. The molecule has 0 bridgehead atoms. The summed E-state index contributed by atoms with van der Waals surface area (Å²) < 4.78 is 4.87. The van der Waals surface area contributed by atoms with E-state index in [1.54, 1.807) is 0 Å². The molecule has 4 atom stereocenters. The first-order chi connectivity index (χ1) is 11.6. The molecule has 1 aliphatic rings. The van der Waals surface area contributed by atoms with E-state index >= 15 is 0 Å². The smallest absolute Gasteiger partial charge is 0.323 e. The molecule has 0 aliphatic carbocycles. The number of ether oxygens (including phenoxy) is 1. The van der Waals surface area contributed by atoms with Crippen molar-refractivity contribution in [2.75, 3.05) is 7.11 Å². The van der Waals surface area contributed by atoms with Gasteiger partial charge >= 0.3 is 5.97 Å². The van der Waals surface area contributed by atoms with E-state index in [1.165, 1.54) is 7.11 Å². The van der Waals surface area contributed by atoms with Gasteiger partial charge in [-0.25, -0.2) is 0 Å². The van der Waals surface area contributed by atoms with E-state index in [2.05, 4.69) is 5.32 Å². The molecule has 1 aliphatic heterocycles. The summed E-state index contributed by atoms with van der Waals surface area (Å²) in [5.74, 6) is -1.09. The molecule has 0 radical (unpaired) electrons. The zero-order valence-electron chi connectivity index (χ0n) is 13.2. The van der Waals surface area contributed by atoms with E-state index in [1.807, 2.05) is 60.7 Å². The van der Waals surface area contributed by atoms with E-state index in [4.69, 9.17) is 4.74 Å². The molecule has 6 heteroatoms. The number of nitrogens with one attached hydrogen (secondary N) is 1. The summed E-state index contributed by atoms with van der Waals surface area (Å²) in [7, 11) is 1.29. The minimum Gasteiger partial charge on any atom is -0.468 e. The highest BCUT2D eigenvalue weighted by atomic mass is 16.6. The molecular weight excluding hydrogens is 308 g/mol. The fourth-order valence-corrected chi connectivity index (χ4v) is 3.41. The highest BCUT2D eigenvalue weighted by molar-refractivity contribution is 5.78. The van der Waals surface area contributed by atoms with Gasteiger partial charge in [0.15, 0.2) is 0 Å². The Kier molecular flexibility index (Phi) is 4.57. The van der Waals surface area contributed by atoms with Crippen LogP contribution in [0, 0.1) is 10.1 Å². The molecule has 24 heavy (non-hydrogen) atoms. The lowest BCUT2D eigenvalue weighted by atomic mass is 9.85. The van der Waals surface area contributed by atoms with Crippen LogP contribution in [0.25, 0.3) is 0 Å². The van der Waals surface area contributed by atoms with Crippen molar-refractivity contribution in [3.63, 3.8) is 0 Å². The van der Waals surface area contributed by atoms with E-state index < -0.39 is 30.0 Å². The highest BCUT2D eigenvalue weighted by Gasteiger charge is 2.54. The summed E-state index contributed by atoms with van der Waals surface area (Å²) in [6, 6.07) is 16.0. The van der Waals surface area contributed by atoms with Gasteiger partial charge in [0.05, 0.1) is 13.0 Å². The fraction of sp³-hybridized carbons (Fsp3) is 0.278. The summed E-state index contributed by atoms with van der Waals surface area (Å²) in [6.07, 6.45) is 0. The topological polar surface area (TPSA) is 81.5 Å². The lowest BCUT2D eigenvalue weighted by Crippen LogP contribution is -2.37. The molecule has 0 spiro atoms. The summed E-state index contributed by atoms with van der Waals surface area (Å²) in [4.78, 5) is 23.8. The number of carbonyl (C=O) groups excluding carboxylic acids is 1. The summed E-state index contributed by atoms with van der Waals surface area (Å²) in [6.45, 7) is 0. The monoisotopic (exact) mass is 326 g/mol. The molecule has 124 valence electrons. The van der Waals surface area contributed by atoms with Crippen LogP contribution in [0.2, 0.25) is 0 Å². The van der Waals surface area contributed by atoms with Crippen molar-refractivity contribution in [2.24, 2.45) is 0 Å². The molecule has 6 nitrogen and oxygen atoms in total. The number of hydrogen-bond donors (Lipinski definition) is 1. The van der Waals surface area contributed by atoms with Crippen molar-refractivity contribution >= 4 is 5.97 Å². The predicted molar refractivity (Wildman–Crippen MR) is 88.1 cm³/mol. The second-order valence-corrected chi connectivity index (χ2v) is 5.77. The van der Waals surface area contributed by atoms with Crippen LogP contribution in [0.5, 0.6) is 0 Å². The molecule has 1 fully saturated rings. The quantitative estimate of drug-likeness (QED) is 0.530. The zero-order chi connectivity index (χ0) is 17.1. The highest BCUT2D eigenvalue weighted by Crippen LogP contribution is 2.40. The second kappa shape index (κ2) is 6.80. The van der Waals surface area contributed by atoms with Crippen molar-refractivity contribution in [1.82, 2.24) is 5.32 Å². The number of nitro groups is 1. The van der Waals surface area contributed by atoms with Gasteiger partial charge in [0.2, 0.25) is 6.04 Å². The van der Waals surface area contributed by atoms with Crippen molar-refractivity contribution in [2.45, 2.75) is 24.0 Å². The van der Waals surface area contributed by atoms with E-state index in [0.717, 1.165) is 11.1 Å². The maximum absolute atomic E-state index is 12.2. The van der Waals surface area contributed by atoms with Crippen LogP contribution in [0.1, 0.15) is 23.1 Å². The van der Waals surface area contributed by atoms with Gasteiger partial charge in [0, 0.05) is 4.92 Å². The van der Waals surface area contributed by atoms with Gasteiger partial charge in [0.1, 0.15) is 12.1 Å². The largest absolute Gasteiger partial charge is 0.468 e. The van der Waals surface area contributed by atoms with Crippen LogP contribution in [-0.4, -0.2) is 30.1 Å².